The molecular formula is C21H22N2O3. The van der Waals surface area contributed by atoms with E-state index in [1.54, 1.807) is 25.3 Å². The monoisotopic (exact) mass is 350 g/mol. The first-order valence-corrected chi connectivity index (χ1v) is 8.29. The van der Waals surface area contributed by atoms with E-state index in [-0.39, 0.29) is 5.57 Å². The van der Waals surface area contributed by atoms with E-state index in [4.69, 9.17) is 9.47 Å². The smallest absolute Gasteiger partial charge is 0.266 e. The molecule has 0 aromatic heterocycles. The van der Waals surface area contributed by atoms with Crippen LogP contribution in [0.1, 0.15) is 23.6 Å². The number of nitrogens with zero attached hydrogens (tertiary/aromatic N) is 1. The zero-order valence-corrected chi connectivity index (χ0v) is 15.4. The quantitative estimate of drug-likeness (QED) is 0.624. The van der Waals surface area contributed by atoms with E-state index in [9.17, 15) is 10.1 Å². The summed E-state index contributed by atoms with van der Waals surface area (Å²) in [6.07, 6.45) is 1.53. The van der Waals surface area contributed by atoms with Crippen LogP contribution in [0.5, 0.6) is 11.5 Å². The van der Waals surface area contributed by atoms with Gasteiger partial charge in [0.05, 0.1) is 13.7 Å². The highest BCUT2D eigenvalue weighted by Gasteiger charge is 2.12. The minimum absolute atomic E-state index is 0.0117. The second-order valence-corrected chi connectivity index (χ2v) is 5.79. The van der Waals surface area contributed by atoms with E-state index in [1.807, 2.05) is 45.0 Å². The molecule has 0 atom stereocenters. The van der Waals surface area contributed by atoms with Gasteiger partial charge in [0.1, 0.15) is 11.6 Å². The Morgan fingerprint density at radius 3 is 2.58 bits per heavy atom. The van der Waals surface area contributed by atoms with E-state index in [0.717, 1.165) is 11.1 Å². The van der Waals surface area contributed by atoms with Gasteiger partial charge in [-0.3, -0.25) is 4.79 Å². The number of aryl methyl sites for hydroxylation is 2. The molecule has 2 rings (SSSR count). The van der Waals surface area contributed by atoms with Gasteiger partial charge in [0.25, 0.3) is 5.91 Å². The highest BCUT2D eigenvalue weighted by atomic mass is 16.5. The molecule has 26 heavy (non-hydrogen) atoms. The highest BCUT2D eigenvalue weighted by Crippen LogP contribution is 2.29. The van der Waals surface area contributed by atoms with Crippen LogP contribution < -0.4 is 14.8 Å². The Morgan fingerprint density at radius 2 is 1.96 bits per heavy atom. The predicted molar refractivity (Wildman–Crippen MR) is 102 cm³/mol. The molecule has 5 nitrogen and oxygen atoms in total. The summed E-state index contributed by atoms with van der Waals surface area (Å²) in [6, 6.07) is 12.9. The van der Waals surface area contributed by atoms with Crippen molar-refractivity contribution in [3.8, 4) is 17.6 Å². The van der Waals surface area contributed by atoms with Gasteiger partial charge in [0.15, 0.2) is 11.5 Å². The van der Waals surface area contributed by atoms with Crippen molar-refractivity contribution < 1.29 is 14.3 Å². The molecule has 0 saturated heterocycles. The van der Waals surface area contributed by atoms with E-state index in [0.29, 0.717) is 29.4 Å². The molecule has 0 fully saturated rings. The minimum Gasteiger partial charge on any atom is -0.493 e. The number of carbonyl (C=O) groups is 1. The van der Waals surface area contributed by atoms with Crippen LogP contribution in [0.15, 0.2) is 42.0 Å². The van der Waals surface area contributed by atoms with Gasteiger partial charge in [0.2, 0.25) is 0 Å². The third-order valence-corrected chi connectivity index (χ3v) is 3.79. The number of anilines is 1. The van der Waals surface area contributed by atoms with Crippen molar-refractivity contribution in [1.82, 2.24) is 0 Å². The molecule has 0 unspecified atom stereocenters. The molecule has 0 heterocycles. The fourth-order valence-electron chi connectivity index (χ4n) is 2.51. The van der Waals surface area contributed by atoms with Crippen LogP contribution in [0.4, 0.5) is 5.69 Å². The number of nitrogens with one attached hydrogen (secondary N) is 1. The van der Waals surface area contributed by atoms with Crippen LogP contribution >= 0.6 is 0 Å². The van der Waals surface area contributed by atoms with Crippen LogP contribution in [-0.4, -0.2) is 19.6 Å². The predicted octanol–water partition coefficient (Wildman–Crippen LogP) is 4.26. The number of hydrogen-bond acceptors (Lipinski definition) is 4. The van der Waals surface area contributed by atoms with Gasteiger partial charge in [-0.1, -0.05) is 23.8 Å². The Balaban J connectivity index is 2.28. The Morgan fingerprint density at radius 1 is 1.19 bits per heavy atom. The van der Waals surface area contributed by atoms with Crippen molar-refractivity contribution in [3.63, 3.8) is 0 Å². The number of hydrogen-bond donors (Lipinski definition) is 1. The van der Waals surface area contributed by atoms with Crippen molar-refractivity contribution in [2.24, 2.45) is 0 Å². The largest absolute Gasteiger partial charge is 0.493 e. The normalized spacial score (nSPS) is 10.8. The van der Waals surface area contributed by atoms with E-state index >= 15 is 0 Å². The molecule has 0 aliphatic rings. The van der Waals surface area contributed by atoms with E-state index in [2.05, 4.69) is 5.32 Å². The lowest BCUT2D eigenvalue weighted by atomic mass is 10.1. The maximum atomic E-state index is 12.5. The lowest BCUT2D eigenvalue weighted by Crippen LogP contribution is -2.14. The molecule has 1 N–H and O–H groups in total. The Hall–Kier alpha value is -3.26. The topological polar surface area (TPSA) is 71.3 Å². The summed E-state index contributed by atoms with van der Waals surface area (Å²) in [5.74, 6) is 0.714. The third kappa shape index (κ3) is 4.64. The van der Waals surface area contributed by atoms with Crippen molar-refractivity contribution in [2.45, 2.75) is 20.8 Å². The molecule has 2 aromatic rings. The summed E-state index contributed by atoms with van der Waals surface area (Å²) in [7, 11) is 1.56. The zero-order chi connectivity index (χ0) is 19.1. The zero-order valence-electron chi connectivity index (χ0n) is 15.4. The van der Waals surface area contributed by atoms with Crippen molar-refractivity contribution >= 4 is 17.7 Å². The molecule has 2 aromatic carbocycles. The maximum Gasteiger partial charge on any atom is 0.266 e. The number of rotatable bonds is 6. The SMILES string of the molecule is CCOc1cc(C=C(C#N)C(=O)Nc2ccc(C)cc2C)ccc1OC. The van der Waals surface area contributed by atoms with Gasteiger partial charge < -0.3 is 14.8 Å². The number of amides is 1. The van der Waals surface area contributed by atoms with Crippen LogP contribution in [-0.2, 0) is 4.79 Å². The van der Waals surface area contributed by atoms with Gasteiger partial charge in [0, 0.05) is 5.69 Å². The number of benzene rings is 2. The van der Waals surface area contributed by atoms with Crippen LogP contribution in [0.2, 0.25) is 0 Å². The van der Waals surface area contributed by atoms with Gasteiger partial charge in [-0.2, -0.15) is 5.26 Å². The fourth-order valence-corrected chi connectivity index (χ4v) is 2.51. The Kier molecular flexibility index (Phi) is 6.40. The van der Waals surface area contributed by atoms with Gasteiger partial charge in [-0.05, 0) is 56.2 Å². The molecule has 0 spiro atoms. The Bertz CT molecular complexity index is 879. The second kappa shape index (κ2) is 8.72. The molecule has 0 saturated carbocycles. The van der Waals surface area contributed by atoms with Gasteiger partial charge >= 0.3 is 0 Å². The third-order valence-electron chi connectivity index (χ3n) is 3.79. The molecule has 5 heteroatoms. The number of carbonyl (C=O) groups excluding carboxylic acids is 1. The molecular weight excluding hydrogens is 328 g/mol. The van der Waals surface area contributed by atoms with Crippen LogP contribution in [0.25, 0.3) is 6.08 Å². The number of nitriles is 1. The molecule has 0 aliphatic heterocycles. The number of methoxy groups -OCH3 is 1. The lowest BCUT2D eigenvalue weighted by Gasteiger charge is -2.10. The van der Waals surface area contributed by atoms with Crippen LogP contribution in [0, 0.1) is 25.2 Å². The Labute approximate surface area is 153 Å². The molecule has 0 aliphatic carbocycles. The van der Waals surface area contributed by atoms with Gasteiger partial charge in [-0.15, -0.1) is 0 Å². The fraction of sp³-hybridized carbons (Fsp3) is 0.238. The second-order valence-electron chi connectivity index (χ2n) is 5.79. The summed E-state index contributed by atoms with van der Waals surface area (Å²) in [6.45, 7) is 6.26. The lowest BCUT2D eigenvalue weighted by molar-refractivity contribution is -0.112. The van der Waals surface area contributed by atoms with Crippen LogP contribution in [0.3, 0.4) is 0 Å². The molecule has 134 valence electrons. The maximum absolute atomic E-state index is 12.5. The summed E-state index contributed by atoms with van der Waals surface area (Å²) >= 11 is 0. The molecule has 0 bridgehead atoms. The van der Waals surface area contributed by atoms with E-state index < -0.39 is 5.91 Å². The van der Waals surface area contributed by atoms with Gasteiger partial charge in [-0.25, -0.2) is 0 Å². The average molecular weight is 350 g/mol. The van der Waals surface area contributed by atoms with Crippen molar-refractivity contribution in [3.05, 3.63) is 58.7 Å². The first-order valence-electron chi connectivity index (χ1n) is 8.29. The average Bonchev–Trinajstić information content (AvgIpc) is 2.62. The summed E-state index contributed by atoms with van der Waals surface area (Å²) in [5, 5.41) is 12.2. The first-order chi connectivity index (χ1) is 12.5. The van der Waals surface area contributed by atoms with Crippen molar-refractivity contribution in [1.29, 1.82) is 5.26 Å². The summed E-state index contributed by atoms with van der Waals surface area (Å²) < 4.78 is 10.8. The van der Waals surface area contributed by atoms with Crippen molar-refractivity contribution in [2.75, 3.05) is 19.0 Å². The molecule has 0 radical (unpaired) electrons. The first kappa shape index (κ1) is 19.1. The standard InChI is InChI=1S/C21H22N2O3/c1-5-26-20-12-16(7-9-19(20)25-4)11-17(13-22)21(24)23-18-8-6-14(2)10-15(18)3/h6-12H,5H2,1-4H3,(H,23,24). The van der Waals surface area contributed by atoms with E-state index in [1.165, 1.54) is 6.08 Å². The minimum atomic E-state index is -0.451. The highest BCUT2D eigenvalue weighted by molar-refractivity contribution is 6.10. The summed E-state index contributed by atoms with van der Waals surface area (Å²) in [4.78, 5) is 12.5. The summed E-state index contributed by atoms with van der Waals surface area (Å²) in [5.41, 5.74) is 3.43. The number of ether oxygens (including phenoxy) is 2. The molecule has 1 amide bonds.